The van der Waals surface area contributed by atoms with Crippen LogP contribution >= 0.6 is 27.3 Å². The fraction of sp³-hybridized carbons (Fsp3) is 0.308. The first kappa shape index (κ1) is 17.6. The second kappa shape index (κ2) is 6.28. The molecule has 1 saturated heterocycles. The summed E-state index contributed by atoms with van der Waals surface area (Å²) in [5.74, 6) is 0.0314. The van der Waals surface area contributed by atoms with Crippen molar-refractivity contribution in [3.8, 4) is 5.88 Å². The molecule has 0 radical (unpaired) electrons. The van der Waals surface area contributed by atoms with Gasteiger partial charge in [-0.1, -0.05) is 0 Å². The molecule has 0 unspecified atom stereocenters. The third kappa shape index (κ3) is 3.58. The molecule has 0 saturated carbocycles. The van der Waals surface area contributed by atoms with E-state index in [1.54, 1.807) is 6.07 Å². The van der Waals surface area contributed by atoms with Gasteiger partial charge >= 0.3 is 6.18 Å². The van der Waals surface area contributed by atoms with Gasteiger partial charge < -0.3 is 4.74 Å². The van der Waals surface area contributed by atoms with Crippen LogP contribution in [0, 0.1) is 0 Å². The quantitative estimate of drug-likeness (QED) is 0.727. The summed E-state index contributed by atoms with van der Waals surface area (Å²) in [6, 6.07) is 5.15. The Bertz CT molecular complexity index is 831. The van der Waals surface area contributed by atoms with Crippen molar-refractivity contribution >= 4 is 37.3 Å². The van der Waals surface area contributed by atoms with Crippen LogP contribution in [0.15, 0.2) is 38.5 Å². The number of hydrogen-bond donors (Lipinski definition) is 0. The molecule has 11 heteroatoms. The molecule has 1 fully saturated rings. The lowest BCUT2D eigenvalue weighted by molar-refractivity contribution is -0.137. The Hall–Kier alpha value is -1.17. The molecule has 130 valence electrons. The maximum absolute atomic E-state index is 12.4. The zero-order valence-corrected chi connectivity index (χ0v) is 15.0. The first-order chi connectivity index (χ1) is 11.2. The van der Waals surface area contributed by atoms with E-state index in [0.29, 0.717) is 9.98 Å². The average molecular weight is 443 g/mol. The monoisotopic (exact) mass is 442 g/mol. The van der Waals surface area contributed by atoms with Gasteiger partial charge in [0.25, 0.3) is 10.0 Å². The summed E-state index contributed by atoms with van der Waals surface area (Å²) in [5, 5.41) is 0. The largest absolute Gasteiger partial charge is 0.472 e. The summed E-state index contributed by atoms with van der Waals surface area (Å²) in [7, 11) is -3.56. The number of hydrogen-bond acceptors (Lipinski definition) is 5. The molecule has 0 atom stereocenters. The molecule has 0 aromatic carbocycles. The summed E-state index contributed by atoms with van der Waals surface area (Å²) in [5.41, 5.74) is -0.865. The Morgan fingerprint density at radius 3 is 2.46 bits per heavy atom. The van der Waals surface area contributed by atoms with Gasteiger partial charge in [-0.3, -0.25) is 0 Å². The van der Waals surface area contributed by atoms with E-state index in [1.165, 1.54) is 10.4 Å². The number of aromatic nitrogens is 1. The van der Waals surface area contributed by atoms with Gasteiger partial charge in [0.05, 0.1) is 22.4 Å². The third-order valence-electron chi connectivity index (χ3n) is 3.31. The Kier molecular flexibility index (Phi) is 4.62. The van der Waals surface area contributed by atoms with Crippen molar-refractivity contribution in [1.82, 2.24) is 9.29 Å². The van der Waals surface area contributed by atoms with Crippen LogP contribution in [0.2, 0.25) is 0 Å². The number of ether oxygens (including phenoxy) is 1. The highest BCUT2D eigenvalue weighted by atomic mass is 79.9. The number of pyridine rings is 1. The van der Waals surface area contributed by atoms with Gasteiger partial charge in [0.2, 0.25) is 5.88 Å². The number of alkyl halides is 3. The number of nitrogens with zero attached hydrogens (tertiary/aromatic N) is 2. The van der Waals surface area contributed by atoms with Crippen LogP contribution < -0.4 is 4.74 Å². The van der Waals surface area contributed by atoms with E-state index in [9.17, 15) is 21.6 Å². The fourth-order valence-corrected chi connectivity index (χ4v) is 5.69. The molecule has 0 N–H and O–H groups in total. The zero-order chi connectivity index (χ0) is 17.5. The summed E-state index contributed by atoms with van der Waals surface area (Å²) in [4.78, 5) is 3.60. The number of thiophene rings is 1. The van der Waals surface area contributed by atoms with E-state index in [-0.39, 0.29) is 23.2 Å². The molecule has 0 spiro atoms. The maximum Gasteiger partial charge on any atom is 0.417 e. The molecule has 3 heterocycles. The van der Waals surface area contributed by atoms with E-state index in [4.69, 9.17) is 4.74 Å². The number of rotatable bonds is 4. The first-order valence-electron chi connectivity index (χ1n) is 6.61. The van der Waals surface area contributed by atoms with Gasteiger partial charge in [-0.05, 0) is 34.1 Å². The highest BCUT2D eigenvalue weighted by molar-refractivity contribution is 9.11. The van der Waals surface area contributed by atoms with E-state index < -0.39 is 27.9 Å². The Balaban J connectivity index is 1.59. The minimum absolute atomic E-state index is 0.0314. The van der Waals surface area contributed by atoms with Crippen molar-refractivity contribution in [2.75, 3.05) is 13.1 Å². The van der Waals surface area contributed by atoms with Gasteiger partial charge in [0.1, 0.15) is 10.3 Å². The molecular weight excluding hydrogens is 433 g/mol. The lowest BCUT2D eigenvalue weighted by Crippen LogP contribution is -2.55. The van der Waals surface area contributed by atoms with Crippen molar-refractivity contribution < 1.29 is 26.3 Å². The van der Waals surface area contributed by atoms with Crippen molar-refractivity contribution in [3.05, 3.63) is 39.8 Å². The number of halogens is 4. The second-order valence-corrected chi connectivity index (χ2v) is 9.63. The number of sulfonamides is 1. The van der Waals surface area contributed by atoms with Crippen molar-refractivity contribution in [1.29, 1.82) is 0 Å². The van der Waals surface area contributed by atoms with Crippen LogP contribution in [-0.2, 0) is 16.2 Å². The van der Waals surface area contributed by atoms with Gasteiger partial charge in [0, 0.05) is 12.3 Å². The minimum atomic E-state index is -4.46. The highest BCUT2D eigenvalue weighted by Crippen LogP contribution is 2.32. The molecule has 1 aliphatic heterocycles. The summed E-state index contributed by atoms with van der Waals surface area (Å²) >= 11 is 4.32. The summed E-state index contributed by atoms with van der Waals surface area (Å²) in [6.45, 7) is 0.251. The molecule has 1 aliphatic rings. The smallest absolute Gasteiger partial charge is 0.417 e. The van der Waals surface area contributed by atoms with Crippen molar-refractivity contribution in [3.63, 3.8) is 0 Å². The molecule has 24 heavy (non-hydrogen) atoms. The molecule has 5 nitrogen and oxygen atoms in total. The molecule has 2 aromatic rings. The predicted molar refractivity (Wildman–Crippen MR) is 84.4 cm³/mol. The maximum atomic E-state index is 12.4. The van der Waals surface area contributed by atoms with E-state index in [2.05, 4.69) is 20.9 Å². The lowest BCUT2D eigenvalue weighted by Gasteiger charge is -2.37. The van der Waals surface area contributed by atoms with Crippen molar-refractivity contribution in [2.45, 2.75) is 16.5 Å². The highest BCUT2D eigenvalue weighted by Gasteiger charge is 2.39. The van der Waals surface area contributed by atoms with Gasteiger partial charge in [-0.25, -0.2) is 13.4 Å². The molecule has 0 aliphatic carbocycles. The Labute approximate surface area is 148 Å². The van der Waals surface area contributed by atoms with E-state index >= 15 is 0 Å². The Morgan fingerprint density at radius 1 is 1.25 bits per heavy atom. The van der Waals surface area contributed by atoms with Gasteiger partial charge in [0.15, 0.2) is 0 Å². The van der Waals surface area contributed by atoms with Crippen molar-refractivity contribution in [2.24, 2.45) is 0 Å². The summed E-state index contributed by atoms with van der Waals surface area (Å²) in [6.07, 6.45) is -4.21. The lowest BCUT2D eigenvalue weighted by atomic mass is 10.2. The topological polar surface area (TPSA) is 59.5 Å². The summed E-state index contributed by atoms with van der Waals surface area (Å²) < 4.78 is 69.5. The standard InChI is InChI=1S/C13H10BrF3N2O3S2/c14-10-2-4-12(23-10)24(20,21)19-6-9(7-19)22-11-3-1-8(5-18-11)13(15,16)17/h1-5,9H,6-7H2. The SMILES string of the molecule is O=S(=O)(c1ccc(Br)s1)N1CC(Oc2ccc(C(F)(F)F)cn2)C1. The van der Waals surface area contributed by atoms with Crippen LogP contribution in [0.25, 0.3) is 0 Å². The fourth-order valence-electron chi connectivity index (χ4n) is 2.02. The molecule has 0 bridgehead atoms. The normalized spacial score (nSPS) is 16.8. The first-order valence-corrected chi connectivity index (χ1v) is 9.66. The minimum Gasteiger partial charge on any atom is -0.472 e. The van der Waals surface area contributed by atoms with Gasteiger partial charge in [-0.15, -0.1) is 11.3 Å². The van der Waals surface area contributed by atoms with E-state index in [0.717, 1.165) is 23.5 Å². The van der Waals surface area contributed by atoms with Crippen LogP contribution in [0.3, 0.4) is 0 Å². The molecular formula is C13H10BrF3N2O3S2. The molecule has 0 amide bonds. The van der Waals surface area contributed by atoms with E-state index in [1.807, 2.05) is 0 Å². The Morgan fingerprint density at radius 2 is 1.96 bits per heavy atom. The molecule has 2 aromatic heterocycles. The van der Waals surface area contributed by atoms with Gasteiger partial charge in [-0.2, -0.15) is 17.5 Å². The predicted octanol–water partition coefficient (Wildman–Crippen LogP) is 3.38. The van der Waals surface area contributed by atoms with Crippen LogP contribution in [0.5, 0.6) is 5.88 Å². The van der Waals surface area contributed by atoms with Crippen LogP contribution in [0.4, 0.5) is 13.2 Å². The zero-order valence-electron chi connectivity index (χ0n) is 11.8. The average Bonchev–Trinajstić information content (AvgIpc) is 2.89. The molecule has 3 rings (SSSR count). The second-order valence-electron chi connectivity index (χ2n) is 5.00. The van der Waals surface area contributed by atoms with Crippen LogP contribution in [-0.4, -0.2) is 36.9 Å². The van der Waals surface area contributed by atoms with Crippen LogP contribution in [0.1, 0.15) is 5.56 Å². The third-order valence-corrected chi connectivity index (χ3v) is 7.23.